The quantitative estimate of drug-likeness (QED) is 0.753. The van der Waals surface area contributed by atoms with Crippen molar-refractivity contribution in [3.05, 3.63) is 59.3 Å². The summed E-state index contributed by atoms with van der Waals surface area (Å²) in [7, 11) is 2.17. The Morgan fingerprint density at radius 1 is 1.19 bits per heavy atom. The molecule has 0 spiro atoms. The second-order valence-corrected chi connectivity index (χ2v) is 7.40. The number of benzene rings is 1. The van der Waals surface area contributed by atoms with E-state index < -0.39 is 6.61 Å². The SMILES string of the molecule is CC(C)c1ccccc1C1CN(Cc2ccnc(OC(F)F)c2)CCN1C. The Hall–Kier alpha value is -2.05. The molecule has 1 fully saturated rings. The molecule has 0 saturated carbocycles. The normalized spacial score (nSPS) is 19.0. The first-order valence-electron chi connectivity index (χ1n) is 9.35. The second-order valence-electron chi connectivity index (χ2n) is 7.40. The Balaban J connectivity index is 1.74. The van der Waals surface area contributed by atoms with Crippen LogP contribution < -0.4 is 4.74 Å². The molecule has 0 aliphatic carbocycles. The molecule has 2 aromatic rings. The molecule has 0 N–H and O–H groups in total. The van der Waals surface area contributed by atoms with Gasteiger partial charge in [0.15, 0.2) is 0 Å². The Bertz CT molecular complexity index is 754. The number of hydrogen-bond donors (Lipinski definition) is 0. The van der Waals surface area contributed by atoms with Crippen molar-refractivity contribution in [3.8, 4) is 5.88 Å². The zero-order valence-corrected chi connectivity index (χ0v) is 16.1. The lowest BCUT2D eigenvalue weighted by molar-refractivity contribution is -0.0529. The lowest BCUT2D eigenvalue weighted by Crippen LogP contribution is -2.46. The smallest absolute Gasteiger partial charge is 0.388 e. The third-order valence-electron chi connectivity index (χ3n) is 5.12. The van der Waals surface area contributed by atoms with E-state index in [1.807, 2.05) is 6.07 Å². The number of rotatable bonds is 6. The summed E-state index contributed by atoms with van der Waals surface area (Å²) in [5, 5.41) is 0. The van der Waals surface area contributed by atoms with Gasteiger partial charge in [-0.15, -0.1) is 0 Å². The third kappa shape index (κ3) is 5.02. The standard InChI is InChI=1S/C21H27F2N3O/c1-15(2)17-6-4-5-7-18(17)19-14-26(11-10-25(19)3)13-16-8-9-24-20(12-16)27-21(22)23/h4-9,12,15,19,21H,10-11,13-14H2,1-3H3. The molecule has 0 amide bonds. The molecule has 2 heterocycles. The van der Waals surface area contributed by atoms with Crippen LogP contribution in [0.25, 0.3) is 0 Å². The van der Waals surface area contributed by atoms with Crippen molar-refractivity contribution in [2.45, 2.75) is 39.0 Å². The second kappa shape index (κ2) is 8.76. The lowest BCUT2D eigenvalue weighted by atomic mass is 9.91. The topological polar surface area (TPSA) is 28.6 Å². The van der Waals surface area contributed by atoms with E-state index in [1.165, 1.54) is 17.3 Å². The van der Waals surface area contributed by atoms with Gasteiger partial charge in [0.2, 0.25) is 5.88 Å². The first-order chi connectivity index (χ1) is 12.9. The zero-order chi connectivity index (χ0) is 19.4. The number of pyridine rings is 1. The first kappa shape index (κ1) is 19.7. The van der Waals surface area contributed by atoms with Crippen molar-refractivity contribution in [2.75, 3.05) is 26.7 Å². The van der Waals surface area contributed by atoms with Crippen molar-refractivity contribution in [1.29, 1.82) is 0 Å². The molecule has 27 heavy (non-hydrogen) atoms. The molecule has 1 aromatic heterocycles. The fraction of sp³-hybridized carbons (Fsp3) is 0.476. The highest BCUT2D eigenvalue weighted by atomic mass is 19.3. The van der Waals surface area contributed by atoms with E-state index in [0.717, 1.165) is 25.2 Å². The van der Waals surface area contributed by atoms with Gasteiger partial charge in [-0.3, -0.25) is 9.80 Å². The van der Waals surface area contributed by atoms with Crippen LogP contribution in [0.4, 0.5) is 8.78 Å². The summed E-state index contributed by atoms with van der Waals surface area (Å²) in [6.07, 6.45) is 1.52. The molecule has 1 atom stereocenters. The molecular formula is C21H27F2N3O. The molecule has 1 aliphatic heterocycles. The molecule has 146 valence electrons. The van der Waals surface area contributed by atoms with Crippen molar-refractivity contribution in [1.82, 2.24) is 14.8 Å². The Labute approximate surface area is 159 Å². The largest absolute Gasteiger partial charge is 0.417 e. The maximum Gasteiger partial charge on any atom is 0.388 e. The van der Waals surface area contributed by atoms with Crippen LogP contribution in [0.5, 0.6) is 5.88 Å². The van der Waals surface area contributed by atoms with Crippen LogP contribution in [0.15, 0.2) is 42.6 Å². The molecule has 6 heteroatoms. The Kier molecular flexibility index (Phi) is 6.39. The van der Waals surface area contributed by atoms with Gasteiger partial charge in [0.1, 0.15) is 0 Å². The molecule has 3 rings (SSSR count). The predicted molar refractivity (Wildman–Crippen MR) is 102 cm³/mol. The molecule has 1 saturated heterocycles. The summed E-state index contributed by atoms with van der Waals surface area (Å²) in [6, 6.07) is 12.4. The lowest BCUT2D eigenvalue weighted by Gasteiger charge is -2.40. The average Bonchev–Trinajstić information content (AvgIpc) is 2.63. The van der Waals surface area contributed by atoms with Gasteiger partial charge in [-0.25, -0.2) is 4.98 Å². The third-order valence-corrected chi connectivity index (χ3v) is 5.12. The minimum Gasteiger partial charge on any atom is -0.417 e. The fourth-order valence-corrected chi connectivity index (χ4v) is 3.71. The molecular weight excluding hydrogens is 348 g/mol. The number of hydrogen-bond acceptors (Lipinski definition) is 4. The van der Waals surface area contributed by atoms with Crippen LogP contribution in [0.3, 0.4) is 0 Å². The minimum absolute atomic E-state index is 0.0293. The number of alkyl halides is 2. The van der Waals surface area contributed by atoms with Crippen LogP contribution in [0.1, 0.15) is 42.5 Å². The zero-order valence-electron chi connectivity index (χ0n) is 16.1. The van der Waals surface area contributed by atoms with E-state index in [2.05, 4.69) is 64.7 Å². The van der Waals surface area contributed by atoms with Gasteiger partial charge in [-0.05, 0) is 35.7 Å². The van der Waals surface area contributed by atoms with E-state index in [-0.39, 0.29) is 5.88 Å². The van der Waals surface area contributed by atoms with Crippen molar-refractivity contribution >= 4 is 0 Å². The Morgan fingerprint density at radius 3 is 2.70 bits per heavy atom. The van der Waals surface area contributed by atoms with Crippen molar-refractivity contribution in [2.24, 2.45) is 0 Å². The number of piperazine rings is 1. The molecule has 1 aliphatic rings. The van der Waals surface area contributed by atoms with Gasteiger partial charge in [0.05, 0.1) is 0 Å². The average molecular weight is 375 g/mol. The van der Waals surface area contributed by atoms with E-state index in [9.17, 15) is 8.78 Å². The van der Waals surface area contributed by atoms with Gasteiger partial charge in [0.25, 0.3) is 0 Å². The van der Waals surface area contributed by atoms with Crippen LogP contribution in [-0.2, 0) is 6.54 Å². The monoisotopic (exact) mass is 375 g/mol. The molecule has 1 aromatic carbocycles. The highest BCUT2D eigenvalue weighted by Crippen LogP contribution is 2.31. The van der Waals surface area contributed by atoms with Crippen LogP contribution in [0, 0.1) is 0 Å². The van der Waals surface area contributed by atoms with E-state index in [0.29, 0.717) is 18.5 Å². The fourth-order valence-electron chi connectivity index (χ4n) is 3.71. The van der Waals surface area contributed by atoms with Gasteiger partial charge in [0, 0.05) is 44.5 Å². The van der Waals surface area contributed by atoms with Crippen LogP contribution in [0.2, 0.25) is 0 Å². The first-order valence-corrected chi connectivity index (χ1v) is 9.35. The van der Waals surface area contributed by atoms with Crippen LogP contribution in [-0.4, -0.2) is 48.1 Å². The Morgan fingerprint density at radius 2 is 1.96 bits per heavy atom. The van der Waals surface area contributed by atoms with E-state index in [4.69, 9.17) is 0 Å². The summed E-state index contributed by atoms with van der Waals surface area (Å²) in [5.41, 5.74) is 3.69. The number of ether oxygens (including phenoxy) is 1. The highest BCUT2D eigenvalue weighted by molar-refractivity contribution is 5.33. The van der Waals surface area contributed by atoms with Gasteiger partial charge < -0.3 is 4.74 Å². The number of halogens is 2. The summed E-state index contributed by atoms with van der Waals surface area (Å²) in [6.45, 7) is 5.08. The number of nitrogens with zero attached hydrogens (tertiary/aromatic N) is 3. The summed E-state index contributed by atoms with van der Waals surface area (Å²) in [5.74, 6) is 0.442. The molecule has 4 nitrogen and oxygen atoms in total. The van der Waals surface area contributed by atoms with E-state index >= 15 is 0 Å². The van der Waals surface area contributed by atoms with E-state index in [1.54, 1.807) is 6.07 Å². The molecule has 1 unspecified atom stereocenters. The highest BCUT2D eigenvalue weighted by Gasteiger charge is 2.27. The number of aromatic nitrogens is 1. The molecule has 0 radical (unpaired) electrons. The van der Waals surface area contributed by atoms with Gasteiger partial charge in [-0.2, -0.15) is 8.78 Å². The summed E-state index contributed by atoms with van der Waals surface area (Å²) in [4.78, 5) is 8.61. The van der Waals surface area contributed by atoms with Gasteiger partial charge in [-0.1, -0.05) is 38.1 Å². The summed E-state index contributed by atoms with van der Waals surface area (Å²) < 4.78 is 29.3. The van der Waals surface area contributed by atoms with Crippen molar-refractivity contribution < 1.29 is 13.5 Å². The van der Waals surface area contributed by atoms with Crippen LogP contribution >= 0.6 is 0 Å². The van der Waals surface area contributed by atoms with Gasteiger partial charge >= 0.3 is 6.61 Å². The number of likely N-dealkylation sites (N-methyl/N-ethyl adjacent to an activating group) is 1. The maximum absolute atomic E-state index is 12.4. The maximum atomic E-state index is 12.4. The molecule has 0 bridgehead atoms. The van der Waals surface area contributed by atoms with Crippen molar-refractivity contribution in [3.63, 3.8) is 0 Å². The predicted octanol–water partition coefficient (Wildman–Crippen LogP) is 4.30. The minimum atomic E-state index is -2.85. The summed E-state index contributed by atoms with van der Waals surface area (Å²) >= 11 is 0.